The summed E-state index contributed by atoms with van der Waals surface area (Å²) in [5, 5.41) is 1.94. The molecule has 0 atom stereocenters. The fourth-order valence-electron chi connectivity index (χ4n) is 1.13. The molecule has 0 aliphatic carbocycles. The van der Waals surface area contributed by atoms with Crippen molar-refractivity contribution < 1.29 is 4.79 Å². The molecule has 0 spiro atoms. The number of halogens is 1. The Labute approximate surface area is 96.7 Å². The van der Waals surface area contributed by atoms with Gasteiger partial charge in [0.1, 0.15) is 0 Å². The van der Waals surface area contributed by atoms with Crippen LogP contribution >= 0.6 is 15.9 Å². The first-order chi connectivity index (χ1) is 6.95. The van der Waals surface area contributed by atoms with Crippen LogP contribution in [0.3, 0.4) is 0 Å². The Morgan fingerprint density at radius 1 is 1.40 bits per heavy atom. The largest absolute Gasteiger partial charge is 0.352 e. The van der Waals surface area contributed by atoms with E-state index in [1.165, 1.54) is 7.05 Å². The maximum absolute atomic E-state index is 11.5. The second-order valence-corrected chi connectivity index (χ2v) is 4.00. The standard InChI is InChI=1S/C9H13BrN4O/c1-6-7(10)4-3-5-8(6)14(12)9(15)13(2)11/h3-5H,11-12H2,1-2H3. The van der Waals surface area contributed by atoms with Crippen LogP contribution in [0.15, 0.2) is 22.7 Å². The summed E-state index contributed by atoms with van der Waals surface area (Å²) in [7, 11) is 1.44. The molecule has 0 aromatic heterocycles. The number of carbonyl (C=O) groups excluding carboxylic acids is 1. The van der Waals surface area contributed by atoms with Crippen molar-refractivity contribution in [3.63, 3.8) is 0 Å². The average molecular weight is 273 g/mol. The highest BCUT2D eigenvalue weighted by Gasteiger charge is 2.16. The maximum Gasteiger partial charge on any atom is 0.352 e. The number of amides is 2. The Balaban J connectivity index is 3.06. The predicted octanol–water partition coefficient (Wildman–Crippen LogP) is 1.36. The van der Waals surface area contributed by atoms with Crippen molar-refractivity contribution in [1.29, 1.82) is 0 Å². The third kappa shape index (κ3) is 2.47. The molecule has 15 heavy (non-hydrogen) atoms. The molecule has 0 saturated carbocycles. The molecule has 0 saturated heterocycles. The molecule has 1 aromatic rings. The minimum absolute atomic E-state index is 0.476. The summed E-state index contributed by atoms with van der Waals surface area (Å²) in [6.45, 7) is 1.86. The van der Waals surface area contributed by atoms with E-state index in [-0.39, 0.29) is 0 Å². The topological polar surface area (TPSA) is 75.6 Å². The van der Waals surface area contributed by atoms with E-state index in [4.69, 9.17) is 11.7 Å². The molecule has 4 N–H and O–H groups in total. The Morgan fingerprint density at radius 2 is 2.00 bits per heavy atom. The zero-order valence-corrected chi connectivity index (χ0v) is 10.2. The lowest BCUT2D eigenvalue weighted by atomic mass is 10.2. The quantitative estimate of drug-likeness (QED) is 0.461. The number of carbonyl (C=O) groups is 1. The molecule has 1 aromatic carbocycles. The van der Waals surface area contributed by atoms with Crippen LogP contribution in [0.1, 0.15) is 5.56 Å². The molecule has 5 nitrogen and oxygen atoms in total. The summed E-state index contributed by atoms with van der Waals surface area (Å²) in [4.78, 5) is 11.5. The van der Waals surface area contributed by atoms with Gasteiger partial charge in [-0.3, -0.25) is 5.01 Å². The maximum atomic E-state index is 11.5. The first kappa shape index (κ1) is 12.0. The number of benzene rings is 1. The minimum Gasteiger partial charge on any atom is -0.264 e. The summed E-state index contributed by atoms with van der Waals surface area (Å²) in [6, 6.07) is 4.96. The van der Waals surface area contributed by atoms with Crippen LogP contribution in [0.5, 0.6) is 0 Å². The molecule has 2 amide bonds. The van der Waals surface area contributed by atoms with E-state index < -0.39 is 6.03 Å². The minimum atomic E-state index is -0.476. The van der Waals surface area contributed by atoms with Crippen molar-refractivity contribution in [2.45, 2.75) is 6.92 Å². The first-order valence-corrected chi connectivity index (χ1v) is 5.06. The molecular weight excluding hydrogens is 260 g/mol. The van der Waals surface area contributed by atoms with Gasteiger partial charge < -0.3 is 0 Å². The van der Waals surface area contributed by atoms with Gasteiger partial charge in [-0.25, -0.2) is 21.5 Å². The summed E-state index contributed by atoms with van der Waals surface area (Å²) in [5.74, 6) is 11.0. The number of anilines is 1. The molecule has 0 bridgehead atoms. The highest BCUT2D eigenvalue weighted by Crippen LogP contribution is 2.25. The summed E-state index contributed by atoms with van der Waals surface area (Å²) >= 11 is 3.36. The second-order valence-electron chi connectivity index (χ2n) is 3.15. The molecule has 82 valence electrons. The molecule has 0 heterocycles. The van der Waals surface area contributed by atoms with Crippen LogP contribution in [0.4, 0.5) is 10.5 Å². The first-order valence-electron chi connectivity index (χ1n) is 4.27. The number of hydrogen-bond acceptors (Lipinski definition) is 3. The lowest BCUT2D eigenvalue weighted by Gasteiger charge is -2.22. The Bertz CT molecular complexity index is 380. The van der Waals surface area contributed by atoms with Crippen LogP contribution in [0.2, 0.25) is 0 Å². The fraction of sp³-hybridized carbons (Fsp3) is 0.222. The van der Waals surface area contributed by atoms with Crippen molar-refractivity contribution in [3.8, 4) is 0 Å². The van der Waals surface area contributed by atoms with Gasteiger partial charge in [-0.05, 0) is 24.6 Å². The number of hydrogen-bond donors (Lipinski definition) is 2. The molecule has 1 rings (SSSR count). The Morgan fingerprint density at radius 3 is 2.53 bits per heavy atom. The molecule has 0 aliphatic heterocycles. The Kier molecular flexibility index (Phi) is 3.67. The molecule has 0 fully saturated rings. The van der Waals surface area contributed by atoms with E-state index in [1.54, 1.807) is 12.1 Å². The highest BCUT2D eigenvalue weighted by molar-refractivity contribution is 9.10. The van der Waals surface area contributed by atoms with Crippen LogP contribution in [0.25, 0.3) is 0 Å². The molecular formula is C9H13BrN4O. The van der Waals surface area contributed by atoms with Crippen molar-refractivity contribution in [1.82, 2.24) is 5.01 Å². The normalized spacial score (nSPS) is 9.93. The molecule has 6 heteroatoms. The number of urea groups is 1. The summed E-state index contributed by atoms with van der Waals surface area (Å²) in [6.07, 6.45) is 0. The number of nitrogens with zero attached hydrogens (tertiary/aromatic N) is 2. The smallest absolute Gasteiger partial charge is 0.264 e. The third-order valence-corrected chi connectivity index (χ3v) is 2.87. The lowest BCUT2D eigenvalue weighted by Crippen LogP contribution is -2.48. The summed E-state index contributed by atoms with van der Waals surface area (Å²) < 4.78 is 0.892. The van der Waals surface area contributed by atoms with E-state index in [2.05, 4.69) is 15.9 Å². The predicted molar refractivity (Wildman–Crippen MR) is 62.9 cm³/mol. The van der Waals surface area contributed by atoms with Crippen molar-refractivity contribution >= 4 is 27.6 Å². The van der Waals surface area contributed by atoms with E-state index >= 15 is 0 Å². The average Bonchev–Trinajstić information content (AvgIpc) is 2.20. The van der Waals surface area contributed by atoms with Crippen LogP contribution < -0.4 is 16.7 Å². The van der Waals surface area contributed by atoms with Gasteiger partial charge in [0.25, 0.3) is 0 Å². The fourth-order valence-corrected chi connectivity index (χ4v) is 1.49. The van der Waals surface area contributed by atoms with Crippen molar-refractivity contribution in [2.75, 3.05) is 12.1 Å². The molecule has 0 radical (unpaired) electrons. The van der Waals surface area contributed by atoms with E-state index in [0.717, 1.165) is 20.1 Å². The van der Waals surface area contributed by atoms with Crippen LogP contribution in [0, 0.1) is 6.92 Å². The van der Waals surface area contributed by atoms with Crippen LogP contribution in [-0.2, 0) is 0 Å². The number of rotatable bonds is 1. The zero-order valence-electron chi connectivity index (χ0n) is 8.57. The van der Waals surface area contributed by atoms with Crippen molar-refractivity contribution in [3.05, 3.63) is 28.2 Å². The van der Waals surface area contributed by atoms with Gasteiger partial charge in [-0.15, -0.1) is 0 Å². The van der Waals surface area contributed by atoms with Gasteiger partial charge in [-0.2, -0.15) is 0 Å². The second kappa shape index (κ2) is 4.61. The third-order valence-electron chi connectivity index (χ3n) is 2.01. The SMILES string of the molecule is Cc1c(Br)cccc1N(N)C(=O)N(C)N. The van der Waals surface area contributed by atoms with Crippen LogP contribution in [-0.4, -0.2) is 18.1 Å². The zero-order chi connectivity index (χ0) is 11.6. The van der Waals surface area contributed by atoms with E-state index in [9.17, 15) is 4.79 Å². The van der Waals surface area contributed by atoms with Gasteiger partial charge in [0, 0.05) is 11.5 Å². The van der Waals surface area contributed by atoms with E-state index in [1.807, 2.05) is 13.0 Å². The monoisotopic (exact) mass is 272 g/mol. The number of hydrazine groups is 2. The molecule has 0 unspecified atom stereocenters. The Hall–Kier alpha value is -1.11. The lowest BCUT2D eigenvalue weighted by molar-refractivity contribution is 0.216. The van der Waals surface area contributed by atoms with Gasteiger partial charge >= 0.3 is 6.03 Å². The van der Waals surface area contributed by atoms with Gasteiger partial charge in [0.15, 0.2) is 0 Å². The van der Waals surface area contributed by atoms with Gasteiger partial charge in [0.05, 0.1) is 5.69 Å². The van der Waals surface area contributed by atoms with Gasteiger partial charge in [0.2, 0.25) is 0 Å². The van der Waals surface area contributed by atoms with E-state index in [0.29, 0.717) is 5.69 Å². The number of nitrogens with two attached hydrogens (primary N) is 2. The summed E-state index contributed by atoms with van der Waals surface area (Å²) in [5.41, 5.74) is 1.50. The molecule has 0 aliphatic rings. The van der Waals surface area contributed by atoms with Gasteiger partial charge in [-0.1, -0.05) is 22.0 Å². The van der Waals surface area contributed by atoms with Crippen molar-refractivity contribution in [2.24, 2.45) is 11.7 Å². The highest BCUT2D eigenvalue weighted by atomic mass is 79.9.